The Kier molecular flexibility index (Phi) is 4.43. The van der Waals surface area contributed by atoms with E-state index in [1.807, 2.05) is 0 Å². The molecule has 0 unspecified atom stereocenters. The monoisotopic (exact) mass is 343 g/mol. The molecule has 118 valence electrons. The SMILES string of the molecule is COc1ccc(NC(=O)C2=CN(C)S(=O)(=O)N=C2C)cc1Cl. The third-order valence-electron chi connectivity index (χ3n) is 2.97. The van der Waals surface area contributed by atoms with E-state index in [4.69, 9.17) is 16.3 Å². The highest BCUT2D eigenvalue weighted by atomic mass is 35.5. The first kappa shape index (κ1) is 16.3. The van der Waals surface area contributed by atoms with Crippen LogP contribution in [0.15, 0.2) is 34.4 Å². The Morgan fingerprint density at radius 1 is 1.41 bits per heavy atom. The minimum absolute atomic E-state index is 0.121. The number of hydrogen-bond donors (Lipinski definition) is 1. The molecule has 0 saturated heterocycles. The van der Waals surface area contributed by atoms with Crippen LogP contribution in [-0.4, -0.2) is 38.5 Å². The van der Waals surface area contributed by atoms with Crippen molar-refractivity contribution in [2.75, 3.05) is 19.5 Å². The van der Waals surface area contributed by atoms with Crippen LogP contribution in [0, 0.1) is 0 Å². The standard InChI is InChI=1S/C13H14ClN3O4S/c1-8-10(7-17(2)22(19,20)16-8)13(18)15-9-4-5-12(21-3)11(14)6-9/h4-7H,1-3H3,(H,15,18). The molecule has 2 rings (SSSR count). The number of anilines is 1. The lowest BCUT2D eigenvalue weighted by Gasteiger charge is -2.19. The highest BCUT2D eigenvalue weighted by molar-refractivity contribution is 7.88. The maximum Gasteiger partial charge on any atom is 0.344 e. The van der Waals surface area contributed by atoms with Crippen molar-refractivity contribution in [2.24, 2.45) is 4.40 Å². The molecule has 1 aliphatic heterocycles. The third-order valence-corrected chi connectivity index (χ3v) is 4.60. The maximum atomic E-state index is 12.2. The summed E-state index contributed by atoms with van der Waals surface area (Å²) in [4.78, 5) is 12.2. The van der Waals surface area contributed by atoms with Crippen LogP contribution in [0.4, 0.5) is 5.69 Å². The van der Waals surface area contributed by atoms with Gasteiger partial charge in [0.05, 0.1) is 23.4 Å². The molecule has 0 aromatic heterocycles. The molecule has 0 saturated carbocycles. The number of nitrogens with zero attached hydrogens (tertiary/aromatic N) is 2. The van der Waals surface area contributed by atoms with E-state index in [0.717, 1.165) is 4.31 Å². The number of amides is 1. The Balaban J connectivity index is 2.23. The first-order valence-electron chi connectivity index (χ1n) is 6.16. The molecule has 7 nitrogen and oxygen atoms in total. The van der Waals surface area contributed by atoms with Gasteiger partial charge in [-0.25, -0.2) is 0 Å². The van der Waals surface area contributed by atoms with Gasteiger partial charge in [0.25, 0.3) is 5.91 Å². The van der Waals surface area contributed by atoms with E-state index in [2.05, 4.69) is 9.71 Å². The molecule has 0 spiro atoms. The Hall–Kier alpha value is -2.06. The molecule has 0 fully saturated rings. The smallest absolute Gasteiger partial charge is 0.344 e. The highest BCUT2D eigenvalue weighted by Crippen LogP contribution is 2.27. The molecule has 9 heteroatoms. The summed E-state index contributed by atoms with van der Waals surface area (Å²) < 4.78 is 32.6. The van der Waals surface area contributed by atoms with Crippen molar-refractivity contribution in [2.45, 2.75) is 6.92 Å². The van der Waals surface area contributed by atoms with Crippen molar-refractivity contribution in [1.29, 1.82) is 0 Å². The van der Waals surface area contributed by atoms with Crippen LogP contribution < -0.4 is 10.1 Å². The first-order chi connectivity index (χ1) is 10.2. The molecule has 0 aliphatic carbocycles. The van der Waals surface area contributed by atoms with E-state index in [1.54, 1.807) is 12.1 Å². The predicted molar refractivity (Wildman–Crippen MR) is 84.5 cm³/mol. The summed E-state index contributed by atoms with van der Waals surface area (Å²) >= 11 is 5.99. The second kappa shape index (κ2) is 5.98. The van der Waals surface area contributed by atoms with Crippen LogP contribution >= 0.6 is 11.6 Å². The molecular formula is C13H14ClN3O4S. The van der Waals surface area contributed by atoms with Crippen LogP contribution in [0.1, 0.15) is 6.92 Å². The van der Waals surface area contributed by atoms with Gasteiger partial charge in [-0.3, -0.25) is 9.10 Å². The summed E-state index contributed by atoms with van der Waals surface area (Å²) in [7, 11) is -0.942. The summed E-state index contributed by atoms with van der Waals surface area (Å²) in [6, 6.07) is 4.78. The lowest BCUT2D eigenvalue weighted by Crippen LogP contribution is -2.30. The van der Waals surface area contributed by atoms with Gasteiger partial charge in [0.15, 0.2) is 0 Å². The number of rotatable bonds is 3. The molecular weight excluding hydrogens is 330 g/mol. The van der Waals surface area contributed by atoms with E-state index in [0.29, 0.717) is 16.5 Å². The van der Waals surface area contributed by atoms with Gasteiger partial charge in [0.2, 0.25) is 0 Å². The summed E-state index contributed by atoms with van der Waals surface area (Å²) in [6.45, 7) is 1.46. The lowest BCUT2D eigenvalue weighted by atomic mass is 10.1. The van der Waals surface area contributed by atoms with Crippen molar-refractivity contribution < 1.29 is 17.9 Å². The number of methoxy groups -OCH3 is 1. The number of halogens is 1. The molecule has 1 N–H and O–H groups in total. The summed E-state index contributed by atoms with van der Waals surface area (Å²) in [5.74, 6) is 0.00403. The second-order valence-corrected chi connectivity index (χ2v) is 6.58. The molecule has 1 aromatic rings. The minimum Gasteiger partial charge on any atom is -0.495 e. The fourth-order valence-corrected chi connectivity index (χ4v) is 2.86. The molecule has 1 heterocycles. The minimum atomic E-state index is -3.74. The normalized spacial score (nSPS) is 16.6. The number of carbonyl (C=O) groups is 1. The van der Waals surface area contributed by atoms with Gasteiger partial charge in [-0.2, -0.15) is 8.42 Å². The predicted octanol–water partition coefficient (Wildman–Crippen LogP) is 1.82. The fraction of sp³-hybridized carbons (Fsp3) is 0.231. The number of nitrogens with one attached hydrogen (secondary N) is 1. The molecule has 0 atom stereocenters. The van der Waals surface area contributed by atoms with Gasteiger partial charge in [-0.05, 0) is 25.1 Å². The quantitative estimate of drug-likeness (QED) is 0.906. The first-order valence-corrected chi connectivity index (χ1v) is 7.93. The lowest BCUT2D eigenvalue weighted by molar-refractivity contribution is -0.112. The third kappa shape index (κ3) is 3.23. The summed E-state index contributed by atoms with van der Waals surface area (Å²) in [5, 5.41) is 2.98. The molecule has 0 bridgehead atoms. The number of ether oxygens (including phenoxy) is 1. The Morgan fingerprint density at radius 3 is 2.68 bits per heavy atom. The van der Waals surface area contributed by atoms with Gasteiger partial charge in [-0.15, -0.1) is 4.40 Å². The van der Waals surface area contributed by atoms with Crippen LogP contribution in [0.3, 0.4) is 0 Å². The van der Waals surface area contributed by atoms with Crippen molar-refractivity contribution in [1.82, 2.24) is 4.31 Å². The van der Waals surface area contributed by atoms with Gasteiger partial charge < -0.3 is 10.1 Å². The van der Waals surface area contributed by atoms with E-state index in [9.17, 15) is 13.2 Å². The number of benzene rings is 1. The van der Waals surface area contributed by atoms with Crippen LogP contribution in [0.25, 0.3) is 0 Å². The van der Waals surface area contributed by atoms with E-state index < -0.39 is 16.1 Å². The number of hydrogen-bond acceptors (Lipinski definition) is 4. The molecule has 1 aromatic carbocycles. The fourth-order valence-electron chi connectivity index (χ4n) is 1.79. The zero-order valence-corrected chi connectivity index (χ0v) is 13.7. The van der Waals surface area contributed by atoms with Crippen molar-refractivity contribution in [3.05, 3.63) is 35.0 Å². The summed E-state index contributed by atoms with van der Waals surface area (Å²) in [5.41, 5.74) is 0.736. The van der Waals surface area contributed by atoms with Gasteiger partial charge in [0, 0.05) is 18.9 Å². The zero-order valence-electron chi connectivity index (χ0n) is 12.1. The average molecular weight is 344 g/mol. The van der Waals surface area contributed by atoms with Crippen molar-refractivity contribution >= 4 is 39.1 Å². The maximum absolute atomic E-state index is 12.2. The van der Waals surface area contributed by atoms with Gasteiger partial charge in [-0.1, -0.05) is 11.6 Å². The Bertz CT molecular complexity index is 786. The van der Waals surface area contributed by atoms with Crippen molar-refractivity contribution in [3.63, 3.8) is 0 Å². The average Bonchev–Trinajstić information content (AvgIpc) is 2.42. The number of carbonyl (C=O) groups excluding carboxylic acids is 1. The topological polar surface area (TPSA) is 88.1 Å². The van der Waals surface area contributed by atoms with Crippen LogP contribution in [0.5, 0.6) is 5.75 Å². The zero-order chi connectivity index (χ0) is 16.5. The largest absolute Gasteiger partial charge is 0.495 e. The van der Waals surface area contributed by atoms with E-state index >= 15 is 0 Å². The van der Waals surface area contributed by atoms with E-state index in [1.165, 1.54) is 33.3 Å². The van der Waals surface area contributed by atoms with Gasteiger partial charge >= 0.3 is 10.2 Å². The van der Waals surface area contributed by atoms with Crippen LogP contribution in [-0.2, 0) is 15.0 Å². The Morgan fingerprint density at radius 2 is 2.09 bits per heavy atom. The molecule has 0 radical (unpaired) electrons. The summed E-state index contributed by atoms with van der Waals surface area (Å²) in [6.07, 6.45) is 1.22. The molecule has 1 amide bonds. The highest BCUT2D eigenvalue weighted by Gasteiger charge is 2.25. The van der Waals surface area contributed by atoms with E-state index in [-0.39, 0.29) is 11.3 Å². The van der Waals surface area contributed by atoms with Gasteiger partial charge in [0.1, 0.15) is 5.75 Å². The molecule has 1 aliphatic rings. The van der Waals surface area contributed by atoms with Crippen LogP contribution in [0.2, 0.25) is 5.02 Å². The second-order valence-electron chi connectivity index (χ2n) is 4.52. The van der Waals surface area contributed by atoms with Crippen molar-refractivity contribution in [3.8, 4) is 5.75 Å². The molecule has 22 heavy (non-hydrogen) atoms. The Labute approximate surface area is 133 Å².